The van der Waals surface area contributed by atoms with Crippen LogP contribution in [-0.4, -0.2) is 17.8 Å². The molecule has 0 bridgehead atoms. The monoisotopic (exact) mass is 273 g/mol. The van der Waals surface area contributed by atoms with Crippen LogP contribution in [0, 0.1) is 0 Å². The summed E-state index contributed by atoms with van der Waals surface area (Å²) in [5.41, 5.74) is 0. The molecular weight excluding hydrogens is 254 g/mol. The number of amides is 1. The van der Waals surface area contributed by atoms with Gasteiger partial charge in [-0.15, -0.1) is 22.9 Å². The zero-order valence-electron chi connectivity index (χ0n) is 10.2. The summed E-state index contributed by atoms with van der Waals surface area (Å²) < 4.78 is 0. The fourth-order valence-electron chi connectivity index (χ4n) is 1.61. The van der Waals surface area contributed by atoms with Gasteiger partial charge in [0.1, 0.15) is 0 Å². The topological polar surface area (TPSA) is 29.1 Å². The van der Waals surface area contributed by atoms with Crippen molar-refractivity contribution in [3.05, 3.63) is 22.4 Å². The first-order chi connectivity index (χ1) is 8.22. The number of rotatable bonds is 8. The Balaban J connectivity index is 2.05. The van der Waals surface area contributed by atoms with Gasteiger partial charge in [0.25, 0.3) is 0 Å². The van der Waals surface area contributed by atoms with Gasteiger partial charge in [-0.2, -0.15) is 0 Å². The van der Waals surface area contributed by atoms with Crippen LogP contribution in [0.15, 0.2) is 17.5 Å². The van der Waals surface area contributed by atoms with Gasteiger partial charge < -0.3 is 5.32 Å². The van der Waals surface area contributed by atoms with Crippen molar-refractivity contribution in [2.24, 2.45) is 0 Å². The van der Waals surface area contributed by atoms with Crippen molar-refractivity contribution in [2.45, 2.75) is 44.4 Å². The Morgan fingerprint density at radius 3 is 3.06 bits per heavy atom. The SMILES string of the molecule is CCCC(Cl)CNC(=O)CCCc1cccs1. The number of carbonyl (C=O) groups excluding carboxylic acids is 1. The van der Waals surface area contributed by atoms with Crippen molar-refractivity contribution in [2.75, 3.05) is 6.54 Å². The van der Waals surface area contributed by atoms with Crippen LogP contribution >= 0.6 is 22.9 Å². The number of nitrogens with one attached hydrogen (secondary N) is 1. The van der Waals surface area contributed by atoms with Crippen LogP contribution in [0.5, 0.6) is 0 Å². The molecule has 96 valence electrons. The van der Waals surface area contributed by atoms with Crippen LogP contribution in [0.1, 0.15) is 37.5 Å². The fraction of sp³-hybridized carbons (Fsp3) is 0.615. The summed E-state index contributed by atoms with van der Waals surface area (Å²) >= 11 is 7.77. The first-order valence-corrected chi connectivity index (χ1v) is 7.47. The minimum Gasteiger partial charge on any atom is -0.355 e. The molecule has 1 N–H and O–H groups in total. The smallest absolute Gasteiger partial charge is 0.220 e. The fourth-order valence-corrected chi connectivity index (χ4v) is 2.65. The van der Waals surface area contributed by atoms with Crippen molar-refractivity contribution in [3.8, 4) is 0 Å². The Bertz CT molecular complexity index is 313. The van der Waals surface area contributed by atoms with Gasteiger partial charge in [-0.25, -0.2) is 0 Å². The van der Waals surface area contributed by atoms with Gasteiger partial charge in [0.2, 0.25) is 5.91 Å². The molecule has 0 radical (unpaired) electrons. The summed E-state index contributed by atoms with van der Waals surface area (Å²) in [4.78, 5) is 12.9. The van der Waals surface area contributed by atoms with Crippen molar-refractivity contribution in [1.29, 1.82) is 0 Å². The molecule has 4 heteroatoms. The van der Waals surface area contributed by atoms with Crippen LogP contribution < -0.4 is 5.32 Å². The molecule has 1 amide bonds. The minimum absolute atomic E-state index is 0.0706. The summed E-state index contributed by atoms with van der Waals surface area (Å²) in [6.07, 6.45) is 4.50. The van der Waals surface area contributed by atoms with Gasteiger partial charge in [-0.05, 0) is 30.7 Å². The highest BCUT2D eigenvalue weighted by Gasteiger charge is 2.06. The lowest BCUT2D eigenvalue weighted by atomic mass is 10.2. The number of hydrogen-bond donors (Lipinski definition) is 1. The molecule has 1 unspecified atom stereocenters. The molecule has 0 spiro atoms. The Kier molecular flexibility index (Phi) is 7.29. The van der Waals surface area contributed by atoms with Gasteiger partial charge in [0.05, 0.1) is 5.38 Å². The zero-order valence-corrected chi connectivity index (χ0v) is 11.8. The maximum atomic E-state index is 11.5. The maximum Gasteiger partial charge on any atom is 0.220 e. The molecule has 17 heavy (non-hydrogen) atoms. The van der Waals surface area contributed by atoms with E-state index in [-0.39, 0.29) is 11.3 Å². The van der Waals surface area contributed by atoms with Gasteiger partial charge in [0, 0.05) is 17.8 Å². The minimum atomic E-state index is 0.0706. The van der Waals surface area contributed by atoms with Crippen molar-refractivity contribution < 1.29 is 4.79 Å². The number of aryl methyl sites for hydroxylation is 1. The average molecular weight is 274 g/mol. The van der Waals surface area contributed by atoms with E-state index < -0.39 is 0 Å². The largest absolute Gasteiger partial charge is 0.355 e. The average Bonchev–Trinajstić information content (AvgIpc) is 2.80. The van der Waals surface area contributed by atoms with E-state index >= 15 is 0 Å². The highest BCUT2D eigenvalue weighted by atomic mass is 35.5. The molecule has 1 aromatic heterocycles. The Labute approximate surface area is 112 Å². The van der Waals surface area contributed by atoms with Crippen LogP contribution in [0.4, 0.5) is 0 Å². The van der Waals surface area contributed by atoms with E-state index in [9.17, 15) is 4.79 Å². The second-order valence-corrected chi connectivity index (χ2v) is 5.77. The van der Waals surface area contributed by atoms with Crippen molar-refractivity contribution in [3.63, 3.8) is 0 Å². The van der Waals surface area contributed by atoms with Gasteiger partial charge in [0.15, 0.2) is 0 Å². The first kappa shape index (κ1) is 14.5. The third-order valence-corrected chi connectivity index (χ3v) is 3.84. The lowest BCUT2D eigenvalue weighted by Gasteiger charge is -2.09. The van der Waals surface area contributed by atoms with Crippen LogP contribution in [0.2, 0.25) is 0 Å². The number of hydrogen-bond acceptors (Lipinski definition) is 2. The molecule has 0 aliphatic heterocycles. The predicted molar refractivity (Wildman–Crippen MR) is 74.8 cm³/mol. The molecule has 1 atom stereocenters. The number of thiophene rings is 1. The molecule has 1 heterocycles. The summed E-state index contributed by atoms with van der Waals surface area (Å²) in [5, 5.41) is 5.02. The molecule has 0 aromatic carbocycles. The highest BCUT2D eigenvalue weighted by Crippen LogP contribution is 2.11. The van der Waals surface area contributed by atoms with Gasteiger partial charge in [-0.3, -0.25) is 4.79 Å². The molecule has 2 nitrogen and oxygen atoms in total. The maximum absolute atomic E-state index is 11.5. The van der Waals surface area contributed by atoms with Gasteiger partial charge in [-0.1, -0.05) is 19.4 Å². The normalized spacial score (nSPS) is 12.4. The molecule has 0 aliphatic carbocycles. The molecule has 1 aromatic rings. The van der Waals surface area contributed by atoms with E-state index in [2.05, 4.69) is 23.7 Å². The van der Waals surface area contributed by atoms with Crippen molar-refractivity contribution >= 4 is 28.8 Å². The number of alkyl halides is 1. The lowest BCUT2D eigenvalue weighted by molar-refractivity contribution is -0.121. The Hall–Kier alpha value is -0.540. The number of carbonyl (C=O) groups is 1. The van der Waals surface area contributed by atoms with Crippen LogP contribution in [-0.2, 0) is 11.2 Å². The van der Waals surface area contributed by atoms with Crippen LogP contribution in [0.25, 0.3) is 0 Å². The quantitative estimate of drug-likeness (QED) is 0.721. The molecule has 0 saturated heterocycles. The molecular formula is C13H20ClNOS. The van der Waals surface area contributed by atoms with E-state index in [0.717, 1.165) is 25.7 Å². The van der Waals surface area contributed by atoms with E-state index in [0.29, 0.717) is 13.0 Å². The van der Waals surface area contributed by atoms with E-state index in [4.69, 9.17) is 11.6 Å². The second kappa shape index (κ2) is 8.54. The Morgan fingerprint density at radius 2 is 2.41 bits per heavy atom. The van der Waals surface area contributed by atoms with Gasteiger partial charge >= 0.3 is 0 Å². The summed E-state index contributed by atoms with van der Waals surface area (Å²) in [6.45, 7) is 2.69. The van der Waals surface area contributed by atoms with Crippen LogP contribution in [0.3, 0.4) is 0 Å². The molecule has 0 saturated carbocycles. The molecule has 0 aliphatic rings. The highest BCUT2D eigenvalue weighted by molar-refractivity contribution is 7.09. The third kappa shape index (κ3) is 6.69. The zero-order chi connectivity index (χ0) is 12.5. The lowest BCUT2D eigenvalue weighted by Crippen LogP contribution is -2.29. The standard InChI is InChI=1S/C13H20ClNOS/c1-2-5-11(14)10-15-13(16)8-3-6-12-7-4-9-17-12/h4,7,9,11H,2-3,5-6,8,10H2,1H3,(H,15,16). The third-order valence-electron chi connectivity index (χ3n) is 2.53. The first-order valence-electron chi connectivity index (χ1n) is 6.15. The summed E-state index contributed by atoms with van der Waals surface area (Å²) in [7, 11) is 0. The van der Waals surface area contributed by atoms with E-state index in [1.54, 1.807) is 11.3 Å². The molecule has 0 fully saturated rings. The van der Waals surface area contributed by atoms with Crippen molar-refractivity contribution in [1.82, 2.24) is 5.32 Å². The summed E-state index contributed by atoms with van der Waals surface area (Å²) in [6, 6.07) is 4.15. The van der Waals surface area contributed by atoms with E-state index in [1.165, 1.54) is 4.88 Å². The second-order valence-electron chi connectivity index (χ2n) is 4.12. The summed E-state index contributed by atoms with van der Waals surface area (Å²) in [5.74, 6) is 0.114. The van der Waals surface area contributed by atoms with E-state index in [1.807, 2.05) is 6.07 Å². The predicted octanol–water partition coefficient (Wildman–Crippen LogP) is 3.59. The Morgan fingerprint density at radius 1 is 1.59 bits per heavy atom. The molecule has 1 rings (SSSR count). The number of halogens is 1.